The van der Waals surface area contributed by atoms with E-state index < -0.39 is 0 Å². The average Bonchev–Trinajstić information content (AvgIpc) is 2.96. The second kappa shape index (κ2) is 6.20. The lowest BCUT2D eigenvalue weighted by Crippen LogP contribution is -2.30. The maximum atomic E-state index is 12.1. The molecule has 2 aromatic heterocycles. The highest BCUT2D eigenvalue weighted by atomic mass is 32.2. The topological polar surface area (TPSA) is 37.6 Å². The van der Waals surface area contributed by atoms with Gasteiger partial charge in [-0.05, 0) is 44.7 Å². The number of rotatable bonds is 4. The van der Waals surface area contributed by atoms with Gasteiger partial charge < -0.3 is 0 Å². The minimum Gasteiger partial charge on any atom is -0.298 e. The molecule has 4 nitrogen and oxygen atoms in total. The van der Waals surface area contributed by atoms with Gasteiger partial charge >= 0.3 is 0 Å². The van der Waals surface area contributed by atoms with Crippen LogP contribution < -0.4 is 5.56 Å². The van der Waals surface area contributed by atoms with Crippen molar-refractivity contribution in [2.75, 3.05) is 13.3 Å². The predicted molar refractivity (Wildman–Crippen MR) is 87.9 cm³/mol. The lowest BCUT2D eigenvalue weighted by Gasteiger charge is -2.24. The first-order chi connectivity index (χ1) is 10.2. The Morgan fingerprint density at radius 1 is 1.43 bits per heavy atom. The van der Waals surface area contributed by atoms with Gasteiger partial charge in [0, 0.05) is 30.1 Å². The molecule has 0 aromatic carbocycles. The Morgan fingerprint density at radius 3 is 3.05 bits per heavy atom. The Morgan fingerprint density at radius 2 is 2.29 bits per heavy atom. The summed E-state index contributed by atoms with van der Waals surface area (Å²) in [5.41, 5.74) is 1.58. The average molecular weight is 303 g/mol. The summed E-state index contributed by atoms with van der Waals surface area (Å²) in [5.74, 6) is 0. The van der Waals surface area contributed by atoms with Crippen LogP contribution in [0.15, 0.2) is 35.3 Å². The number of hydrogen-bond acceptors (Lipinski definition) is 4. The fourth-order valence-corrected chi connectivity index (χ4v) is 3.89. The Balaban J connectivity index is 1.77. The molecule has 0 radical (unpaired) electrons. The van der Waals surface area contributed by atoms with Crippen LogP contribution in [0.4, 0.5) is 0 Å². The zero-order chi connectivity index (χ0) is 14.8. The highest BCUT2D eigenvalue weighted by molar-refractivity contribution is 7.99. The van der Waals surface area contributed by atoms with E-state index in [2.05, 4.69) is 23.2 Å². The molecule has 0 unspecified atom stereocenters. The van der Waals surface area contributed by atoms with E-state index in [9.17, 15) is 4.79 Å². The molecule has 0 spiro atoms. The molecule has 1 aliphatic rings. The summed E-state index contributed by atoms with van der Waals surface area (Å²) in [6, 6.07) is 7.91. The highest BCUT2D eigenvalue weighted by Gasteiger charge is 2.27. The Hall–Kier alpha value is -1.33. The smallest absolute Gasteiger partial charge is 0.258 e. The first kappa shape index (κ1) is 14.6. The summed E-state index contributed by atoms with van der Waals surface area (Å²) >= 11 is 1.97. The van der Waals surface area contributed by atoms with Gasteiger partial charge in [-0.2, -0.15) is 11.8 Å². The summed E-state index contributed by atoms with van der Waals surface area (Å²) in [6.45, 7) is 0.742. The van der Waals surface area contributed by atoms with Gasteiger partial charge in [-0.3, -0.25) is 14.1 Å². The minimum absolute atomic E-state index is 0.00240. The van der Waals surface area contributed by atoms with E-state index in [1.54, 1.807) is 16.7 Å². The molecule has 1 fully saturated rings. The number of thioether (sulfide) groups is 1. The minimum atomic E-state index is -0.00240. The summed E-state index contributed by atoms with van der Waals surface area (Å²) in [5, 5.41) is 0.785. The van der Waals surface area contributed by atoms with E-state index >= 15 is 0 Å². The van der Waals surface area contributed by atoms with Crippen molar-refractivity contribution in [3.8, 4) is 0 Å². The molecule has 2 atom stereocenters. The zero-order valence-electron chi connectivity index (χ0n) is 12.5. The van der Waals surface area contributed by atoms with E-state index in [1.165, 1.54) is 19.3 Å². The molecule has 0 amide bonds. The first-order valence-corrected chi connectivity index (χ1v) is 8.66. The van der Waals surface area contributed by atoms with Gasteiger partial charge in [0.05, 0.1) is 5.69 Å². The van der Waals surface area contributed by atoms with Crippen molar-refractivity contribution in [1.82, 2.24) is 14.3 Å². The molecule has 1 aliphatic carbocycles. The van der Waals surface area contributed by atoms with Crippen LogP contribution in [0.1, 0.15) is 25.0 Å². The maximum absolute atomic E-state index is 12.1. The number of nitrogens with zero attached hydrogens (tertiary/aromatic N) is 3. The van der Waals surface area contributed by atoms with Crippen molar-refractivity contribution in [2.45, 2.75) is 37.1 Å². The SMILES string of the molecule is CS[C@@H]1CC[C@H](N(C)Cc2cc(=O)n3ccccc3n2)C1. The van der Waals surface area contributed by atoms with E-state index in [1.807, 2.05) is 30.0 Å². The van der Waals surface area contributed by atoms with E-state index in [0.29, 0.717) is 6.04 Å². The van der Waals surface area contributed by atoms with Crippen molar-refractivity contribution in [3.05, 3.63) is 46.5 Å². The molecule has 0 saturated heterocycles. The van der Waals surface area contributed by atoms with Crippen LogP contribution in [0.5, 0.6) is 0 Å². The Bertz CT molecular complexity index is 685. The third-order valence-electron chi connectivity index (χ3n) is 4.35. The number of hydrogen-bond donors (Lipinski definition) is 0. The van der Waals surface area contributed by atoms with Gasteiger partial charge in [0.15, 0.2) is 0 Å². The molecule has 112 valence electrons. The van der Waals surface area contributed by atoms with Crippen LogP contribution in [0, 0.1) is 0 Å². The first-order valence-electron chi connectivity index (χ1n) is 7.37. The standard InChI is InChI=1S/C16H21N3OS/c1-18(13-6-7-14(10-13)21-2)11-12-9-16(20)19-8-4-3-5-15(19)17-12/h3-5,8-9,13-14H,6-7,10-11H2,1-2H3/t13-,14+/m0/s1. The number of pyridine rings is 1. The molecular formula is C16H21N3OS. The maximum Gasteiger partial charge on any atom is 0.258 e. The molecule has 21 heavy (non-hydrogen) atoms. The number of aromatic nitrogens is 2. The fourth-order valence-electron chi connectivity index (χ4n) is 3.10. The molecule has 0 bridgehead atoms. The van der Waals surface area contributed by atoms with E-state index in [-0.39, 0.29) is 5.56 Å². The molecule has 0 N–H and O–H groups in total. The van der Waals surface area contributed by atoms with Crippen LogP contribution in [-0.2, 0) is 6.54 Å². The second-order valence-corrected chi connectivity index (χ2v) is 6.89. The van der Waals surface area contributed by atoms with Crippen LogP contribution in [0.2, 0.25) is 0 Å². The van der Waals surface area contributed by atoms with Crippen LogP contribution >= 0.6 is 11.8 Å². The monoisotopic (exact) mass is 303 g/mol. The molecule has 5 heteroatoms. The van der Waals surface area contributed by atoms with Gasteiger partial charge in [0.2, 0.25) is 0 Å². The molecule has 0 aliphatic heterocycles. The van der Waals surface area contributed by atoms with Gasteiger partial charge in [0.25, 0.3) is 5.56 Å². The summed E-state index contributed by atoms with van der Waals surface area (Å²) in [4.78, 5) is 19.0. The Labute approximate surface area is 129 Å². The number of fused-ring (bicyclic) bond motifs is 1. The lowest BCUT2D eigenvalue weighted by molar-refractivity contribution is 0.235. The largest absolute Gasteiger partial charge is 0.298 e. The van der Waals surface area contributed by atoms with Gasteiger partial charge in [-0.1, -0.05) is 6.07 Å². The zero-order valence-corrected chi connectivity index (χ0v) is 13.3. The molecule has 2 aromatic rings. The van der Waals surface area contributed by atoms with Gasteiger partial charge in [0.1, 0.15) is 5.65 Å². The molecule has 1 saturated carbocycles. The third-order valence-corrected chi connectivity index (χ3v) is 5.44. The third kappa shape index (κ3) is 3.14. The van der Waals surface area contributed by atoms with Gasteiger partial charge in [-0.25, -0.2) is 4.98 Å². The summed E-state index contributed by atoms with van der Waals surface area (Å²) in [7, 11) is 2.14. The molecular weight excluding hydrogens is 282 g/mol. The normalized spacial score (nSPS) is 22.2. The quantitative estimate of drug-likeness (QED) is 0.869. The van der Waals surface area contributed by atoms with Crippen molar-refractivity contribution in [3.63, 3.8) is 0 Å². The second-order valence-electron chi connectivity index (χ2n) is 5.75. The Kier molecular flexibility index (Phi) is 4.31. The highest BCUT2D eigenvalue weighted by Crippen LogP contribution is 2.31. The summed E-state index contributed by atoms with van der Waals surface area (Å²) in [6.07, 6.45) is 7.74. The van der Waals surface area contributed by atoms with Crippen molar-refractivity contribution in [2.24, 2.45) is 0 Å². The van der Waals surface area contributed by atoms with Crippen LogP contribution in [0.3, 0.4) is 0 Å². The molecule has 2 heterocycles. The van der Waals surface area contributed by atoms with Gasteiger partial charge in [-0.15, -0.1) is 0 Å². The van der Waals surface area contributed by atoms with Crippen molar-refractivity contribution in [1.29, 1.82) is 0 Å². The van der Waals surface area contributed by atoms with E-state index in [0.717, 1.165) is 23.1 Å². The van der Waals surface area contributed by atoms with Crippen molar-refractivity contribution >= 4 is 17.4 Å². The van der Waals surface area contributed by atoms with Crippen LogP contribution in [0.25, 0.3) is 5.65 Å². The van der Waals surface area contributed by atoms with Crippen molar-refractivity contribution < 1.29 is 0 Å². The van der Waals surface area contributed by atoms with E-state index in [4.69, 9.17) is 0 Å². The molecule has 3 rings (SSSR count). The lowest BCUT2D eigenvalue weighted by atomic mass is 10.2. The van der Waals surface area contributed by atoms with Crippen LogP contribution in [-0.4, -0.2) is 38.9 Å². The summed E-state index contributed by atoms with van der Waals surface area (Å²) < 4.78 is 1.59. The predicted octanol–water partition coefficient (Wildman–Crippen LogP) is 2.41. The fraction of sp³-hybridized carbons (Fsp3) is 0.500.